The van der Waals surface area contributed by atoms with Crippen molar-refractivity contribution in [3.05, 3.63) is 22.4 Å². The Morgan fingerprint density at radius 3 is 2.67 bits per heavy atom. The van der Waals surface area contributed by atoms with Crippen molar-refractivity contribution in [1.82, 2.24) is 19.7 Å². The maximum Gasteiger partial charge on any atom is 0.249 e. The number of hydrogen-bond acceptors (Lipinski definition) is 6. The molecule has 0 aliphatic heterocycles. The minimum atomic E-state index is -3.48. The number of aromatic nitrogens is 4. The molecule has 2 heterocycles. The van der Waals surface area contributed by atoms with Crippen LogP contribution in [-0.2, 0) is 22.6 Å². The molecule has 2 rings (SSSR count). The molecule has 0 spiro atoms. The number of nitrogens with zero attached hydrogens (tertiary/aromatic N) is 4. The minimum Gasteiger partial charge on any atom is -0.308 e. The highest BCUT2D eigenvalue weighted by Gasteiger charge is 2.22. The van der Waals surface area contributed by atoms with E-state index < -0.39 is 9.84 Å². The van der Waals surface area contributed by atoms with Crippen molar-refractivity contribution in [1.29, 1.82) is 0 Å². The summed E-state index contributed by atoms with van der Waals surface area (Å²) in [6.45, 7) is 4.06. The molecule has 0 aromatic carbocycles. The SMILES string of the molecule is CC(C)c1nc(CS(=O)(=O)c2nncn2C)cs1. The zero-order chi connectivity index (χ0) is 13.3. The summed E-state index contributed by atoms with van der Waals surface area (Å²) in [7, 11) is -1.87. The molecule has 0 aliphatic rings. The van der Waals surface area contributed by atoms with Crippen LogP contribution in [0.2, 0.25) is 0 Å². The standard InChI is InChI=1S/C10H14N4O2S2/c1-7(2)9-12-8(4-17-9)5-18(15,16)10-13-11-6-14(10)3/h4,6-7H,5H2,1-3H3. The molecule has 0 saturated heterocycles. The van der Waals surface area contributed by atoms with Gasteiger partial charge in [0.05, 0.1) is 10.7 Å². The Morgan fingerprint density at radius 1 is 1.44 bits per heavy atom. The molecule has 0 radical (unpaired) electrons. The number of thiazole rings is 1. The topological polar surface area (TPSA) is 77.7 Å². The molecule has 6 nitrogen and oxygen atoms in total. The van der Waals surface area contributed by atoms with E-state index in [-0.39, 0.29) is 10.9 Å². The Morgan fingerprint density at radius 2 is 2.17 bits per heavy atom. The third kappa shape index (κ3) is 2.59. The lowest BCUT2D eigenvalue weighted by Gasteiger charge is -2.01. The fourth-order valence-corrected chi connectivity index (χ4v) is 3.73. The van der Waals surface area contributed by atoms with Crippen LogP contribution in [0, 0.1) is 0 Å². The second-order valence-electron chi connectivity index (χ2n) is 4.32. The van der Waals surface area contributed by atoms with E-state index in [0.29, 0.717) is 11.6 Å². The van der Waals surface area contributed by atoms with E-state index >= 15 is 0 Å². The fourth-order valence-electron chi connectivity index (χ4n) is 1.47. The molecule has 0 unspecified atom stereocenters. The van der Waals surface area contributed by atoms with Gasteiger partial charge in [0.1, 0.15) is 12.1 Å². The quantitative estimate of drug-likeness (QED) is 0.848. The van der Waals surface area contributed by atoms with E-state index in [4.69, 9.17) is 0 Å². The summed E-state index contributed by atoms with van der Waals surface area (Å²) in [5, 5.41) is 9.90. The predicted molar refractivity (Wildman–Crippen MR) is 68.1 cm³/mol. The van der Waals surface area contributed by atoms with Crippen molar-refractivity contribution in [2.45, 2.75) is 30.7 Å². The van der Waals surface area contributed by atoms with Crippen LogP contribution < -0.4 is 0 Å². The molecule has 0 N–H and O–H groups in total. The summed E-state index contributed by atoms with van der Waals surface area (Å²) in [6.07, 6.45) is 1.37. The molecule has 0 fully saturated rings. The fraction of sp³-hybridized carbons (Fsp3) is 0.500. The summed E-state index contributed by atoms with van der Waals surface area (Å²) in [6, 6.07) is 0. The molecule has 0 aliphatic carbocycles. The van der Waals surface area contributed by atoms with Crippen molar-refractivity contribution in [3.63, 3.8) is 0 Å². The van der Waals surface area contributed by atoms with Crippen molar-refractivity contribution in [2.75, 3.05) is 0 Å². The third-order valence-corrected chi connectivity index (χ3v) is 5.15. The maximum atomic E-state index is 12.1. The van der Waals surface area contributed by atoms with Gasteiger partial charge >= 0.3 is 0 Å². The lowest BCUT2D eigenvalue weighted by molar-refractivity contribution is 0.577. The largest absolute Gasteiger partial charge is 0.308 e. The Bertz CT molecular complexity index is 642. The number of hydrogen-bond donors (Lipinski definition) is 0. The van der Waals surface area contributed by atoms with Gasteiger partial charge in [0.2, 0.25) is 15.0 Å². The van der Waals surface area contributed by atoms with Crippen molar-refractivity contribution < 1.29 is 8.42 Å². The van der Waals surface area contributed by atoms with Gasteiger partial charge in [-0.2, -0.15) is 0 Å². The first-order valence-corrected chi connectivity index (χ1v) is 7.94. The van der Waals surface area contributed by atoms with E-state index in [2.05, 4.69) is 15.2 Å². The van der Waals surface area contributed by atoms with Gasteiger partial charge < -0.3 is 4.57 Å². The second-order valence-corrected chi connectivity index (χ2v) is 7.09. The zero-order valence-corrected chi connectivity index (χ0v) is 12.0. The molecule has 0 atom stereocenters. The van der Waals surface area contributed by atoms with Crippen LogP contribution in [-0.4, -0.2) is 28.2 Å². The summed E-state index contributed by atoms with van der Waals surface area (Å²) in [4.78, 5) is 4.32. The van der Waals surface area contributed by atoms with Gasteiger partial charge in [-0.25, -0.2) is 13.4 Å². The first kappa shape index (κ1) is 13.2. The monoisotopic (exact) mass is 286 g/mol. The number of sulfone groups is 1. The summed E-state index contributed by atoms with van der Waals surface area (Å²) in [5.74, 6) is 0.171. The Kier molecular flexibility index (Phi) is 3.49. The van der Waals surface area contributed by atoms with Crippen molar-refractivity contribution >= 4 is 21.2 Å². The normalized spacial score (nSPS) is 12.2. The summed E-state index contributed by atoms with van der Waals surface area (Å²) < 4.78 is 25.6. The Balaban J connectivity index is 2.25. The van der Waals surface area contributed by atoms with Gasteiger partial charge in [-0.1, -0.05) is 13.8 Å². The van der Waals surface area contributed by atoms with Gasteiger partial charge in [0.15, 0.2) is 0 Å². The second kappa shape index (κ2) is 4.77. The van der Waals surface area contributed by atoms with E-state index in [0.717, 1.165) is 5.01 Å². The van der Waals surface area contributed by atoms with Crippen LogP contribution in [0.5, 0.6) is 0 Å². The molecule has 0 bridgehead atoms. The molecule has 8 heteroatoms. The first-order chi connectivity index (χ1) is 8.40. The van der Waals surface area contributed by atoms with Crippen molar-refractivity contribution in [2.24, 2.45) is 7.05 Å². The van der Waals surface area contributed by atoms with E-state index in [1.54, 1.807) is 12.4 Å². The Hall–Kier alpha value is -1.28. The maximum absolute atomic E-state index is 12.1. The molecule has 0 saturated carbocycles. The Labute approximate surface area is 110 Å². The molecule has 98 valence electrons. The highest BCUT2D eigenvalue weighted by Crippen LogP contribution is 2.21. The highest BCUT2D eigenvalue weighted by atomic mass is 32.2. The summed E-state index contributed by atoms with van der Waals surface area (Å²) in [5.41, 5.74) is 0.562. The molecular formula is C10H14N4O2S2. The lowest BCUT2D eigenvalue weighted by Crippen LogP contribution is -2.11. The molecule has 0 amide bonds. The minimum absolute atomic E-state index is 0.0263. The van der Waals surface area contributed by atoms with E-state index in [1.807, 2.05) is 13.8 Å². The highest BCUT2D eigenvalue weighted by molar-refractivity contribution is 7.90. The first-order valence-electron chi connectivity index (χ1n) is 5.41. The van der Waals surface area contributed by atoms with Crippen LogP contribution >= 0.6 is 11.3 Å². The van der Waals surface area contributed by atoms with Gasteiger partial charge in [-0.15, -0.1) is 21.5 Å². The number of rotatable bonds is 4. The van der Waals surface area contributed by atoms with Crippen LogP contribution in [0.15, 0.2) is 16.9 Å². The van der Waals surface area contributed by atoms with Crippen LogP contribution in [0.4, 0.5) is 0 Å². The van der Waals surface area contributed by atoms with Gasteiger partial charge in [-0.05, 0) is 0 Å². The predicted octanol–water partition coefficient (Wildman–Crippen LogP) is 1.37. The van der Waals surface area contributed by atoms with Crippen LogP contribution in [0.3, 0.4) is 0 Å². The molecular weight excluding hydrogens is 272 g/mol. The third-order valence-electron chi connectivity index (χ3n) is 2.35. The van der Waals surface area contributed by atoms with Crippen LogP contribution in [0.1, 0.15) is 30.5 Å². The number of aryl methyl sites for hydroxylation is 1. The van der Waals surface area contributed by atoms with Crippen LogP contribution in [0.25, 0.3) is 0 Å². The molecule has 2 aromatic heterocycles. The smallest absolute Gasteiger partial charge is 0.249 e. The van der Waals surface area contributed by atoms with Gasteiger partial charge in [0.25, 0.3) is 0 Å². The average Bonchev–Trinajstić information content (AvgIpc) is 2.86. The lowest BCUT2D eigenvalue weighted by atomic mass is 10.2. The van der Waals surface area contributed by atoms with Gasteiger partial charge in [0, 0.05) is 18.3 Å². The average molecular weight is 286 g/mol. The molecule has 18 heavy (non-hydrogen) atoms. The van der Waals surface area contributed by atoms with Crippen molar-refractivity contribution in [3.8, 4) is 0 Å². The zero-order valence-electron chi connectivity index (χ0n) is 10.4. The van der Waals surface area contributed by atoms with E-state index in [1.165, 1.54) is 22.2 Å². The van der Waals surface area contributed by atoms with E-state index in [9.17, 15) is 8.42 Å². The summed E-state index contributed by atoms with van der Waals surface area (Å²) >= 11 is 1.48. The molecule has 2 aromatic rings. The van der Waals surface area contributed by atoms with Gasteiger partial charge in [-0.3, -0.25) is 0 Å².